The molecule has 0 unspecified atom stereocenters. The minimum absolute atomic E-state index is 0.0419. The molecule has 2 aromatic carbocycles. The monoisotopic (exact) mass is 444 g/mol. The van der Waals surface area contributed by atoms with Crippen LogP contribution >= 0.6 is 23.5 Å². The van der Waals surface area contributed by atoms with E-state index in [2.05, 4.69) is 17.7 Å². The van der Waals surface area contributed by atoms with Crippen molar-refractivity contribution in [3.8, 4) is 11.8 Å². The molecule has 1 saturated carbocycles. The van der Waals surface area contributed by atoms with Gasteiger partial charge in [-0.3, -0.25) is 0 Å². The van der Waals surface area contributed by atoms with Crippen LogP contribution in [0.15, 0.2) is 35.2 Å². The molecule has 1 heterocycles. The summed E-state index contributed by atoms with van der Waals surface area (Å²) in [5.41, 5.74) is 2.29. The van der Waals surface area contributed by atoms with E-state index in [1.807, 2.05) is 6.07 Å². The van der Waals surface area contributed by atoms with E-state index < -0.39 is 5.97 Å². The fourth-order valence-electron chi connectivity index (χ4n) is 3.22. The highest BCUT2D eigenvalue weighted by Crippen LogP contribution is 2.45. The van der Waals surface area contributed by atoms with Crippen molar-refractivity contribution >= 4 is 35.2 Å². The van der Waals surface area contributed by atoms with Crippen molar-refractivity contribution < 1.29 is 19.4 Å². The van der Waals surface area contributed by atoms with Crippen LogP contribution in [0.4, 0.5) is 5.69 Å². The molecule has 30 heavy (non-hydrogen) atoms. The van der Waals surface area contributed by atoms with Gasteiger partial charge in [0.2, 0.25) is 0 Å². The van der Waals surface area contributed by atoms with E-state index in [9.17, 15) is 15.2 Å². The van der Waals surface area contributed by atoms with Crippen LogP contribution in [-0.2, 0) is 4.74 Å². The van der Waals surface area contributed by atoms with Gasteiger partial charge in [-0.1, -0.05) is 24.6 Å². The number of anilines is 1. The van der Waals surface area contributed by atoms with Crippen molar-refractivity contribution in [2.75, 3.05) is 24.5 Å². The molecule has 0 atom stereocenters. The molecule has 2 N–H and O–H groups in total. The normalized spacial score (nSPS) is 17.0. The molecule has 2 aliphatic rings. The van der Waals surface area contributed by atoms with Crippen molar-refractivity contribution in [3.63, 3.8) is 0 Å². The van der Waals surface area contributed by atoms with Crippen LogP contribution in [-0.4, -0.2) is 30.9 Å². The van der Waals surface area contributed by atoms with Crippen LogP contribution in [0.3, 0.4) is 0 Å². The number of nitriles is 1. The van der Waals surface area contributed by atoms with E-state index in [0.29, 0.717) is 47.8 Å². The lowest BCUT2D eigenvalue weighted by molar-refractivity contribution is -0.120. The number of hydrogen-bond acceptors (Lipinski definition) is 6. The fraction of sp³-hybridized carbons (Fsp3) is 0.364. The number of benzene rings is 2. The van der Waals surface area contributed by atoms with Crippen LogP contribution in [0.5, 0.6) is 5.75 Å². The maximum Gasteiger partial charge on any atom is 0.335 e. The third kappa shape index (κ3) is 4.51. The first kappa shape index (κ1) is 20.9. The van der Waals surface area contributed by atoms with Crippen LogP contribution in [0.2, 0.25) is 5.02 Å². The number of carboxylic acid groups (broad SMARTS) is 1. The Bertz CT molecular complexity index is 1030. The molecule has 2 aromatic rings. The lowest BCUT2D eigenvalue weighted by Crippen LogP contribution is -2.44. The maximum atomic E-state index is 11.4. The second-order valence-electron chi connectivity index (χ2n) is 8.07. The summed E-state index contributed by atoms with van der Waals surface area (Å²) in [5, 5.41) is 19.0. The summed E-state index contributed by atoms with van der Waals surface area (Å²) < 4.78 is 14.5. The molecule has 8 heteroatoms. The van der Waals surface area contributed by atoms with Crippen molar-refractivity contribution in [3.05, 3.63) is 52.0 Å². The number of carboxylic acids is 1. The molecule has 6 nitrogen and oxygen atoms in total. The minimum atomic E-state index is -0.961. The molecule has 0 aromatic heterocycles. The first-order valence-corrected chi connectivity index (χ1v) is 10.8. The number of ether oxygens (including phenoxy) is 2. The average molecular weight is 445 g/mol. The molecule has 4 rings (SSSR count). The van der Waals surface area contributed by atoms with Gasteiger partial charge in [0.1, 0.15) is 11.8 Å². The van der Waals surface area contributed by atoms with Crippen LogP contribution < -0.4 is 9.46 Å². The van der Waals surface area contributed by atoms with Gasteiger partial charge in [-0.2, -0.15) is 5.26 Å². The molecule has 2 fully saturated rings. The Balaban J connectivity index is 1.58. The van der Waals surface area contributed by atoms with Gasteiger partial charge in [0.25, 0.3) is 0 Å². The van der Waals surface area contributed by atoms with Gasteiger partial charge < -0.3 is 19.3 Å². The number of rotatable bonds is 8. The number of aromatic carboxylic acids is 1. The Kier molecular flexibility index (Phi) is 5.83. The highest BCUT2D eigenvalue weighted by molar-refractivity contribution is 8.00. The smallest absolute Gasteiger partial charge is 0.335 e. The zero-order valence-corrected chi connectivity index (χ0v) is 18.0. The van der Waals surface area contributed by atoms with E-state index >= 15 is 0 Å². The summed E-state index contributed by atoms with van der Waals surface area (Å²) in [7, 11) is 0. The standard InChI is InChI=1S/C22H21ClN2O4S/c1-22(10-28-11-22)12-29-19-8-17(23)15(9-24)6-18(19)25-30-20-7-14(21(26)27)4-5-16(20)13-2-3-13/h4-8,13,25H,2-3,10-12H2,1H3,(H,26,27). The van der Waals surface area contributed by atoms with E-state index in [4.69, 9.17) is 21.1 Å². The van der Waals surface area contributed by atoms with E-state index in [0.717, 1.165) is 23.3 Å². The summed E-state index contributed by atoms with van der Waals surface area (Å²) in [5.74, 6) is 0.0470. The largest absolute Gasteiger partial charge is 0.491 e. The van der Waals surface area contributed by atoms with Crippen molar-refractivity contribution in [1.29, 1.82) is 5.26 Å². The van der Waals surface area contributed by atoms with Gasteiger partial charge in [0.15, 0.2) is 0 Å². The third-order valence-corrected chi connectivity index (χ3v) is 6.42. The van der Waals surface area contributed by atoms with Crippen LogP contribution in [0.1, 0.15) is 47.2 Å². The molecule has 0 spiro atoms. The van der Waals surface area contributed by atoms with Gasteiger partial charge in [0, 0.05) is 16.4 Å². The zero-order chi connectivity index (χ0) is 21.3. The Morgan fingerprint density at radius 1 is 1.40 bits per heavy atom. The Labute approximate surface area is 184 Å². The van der Waals surface area contributed by atoms with Gasteiger partial charge in [-0.25, -0.2) is 4.79 Å². The zero-order valence-electron chi connectivity index (χ0n) is 16.4. The molecule has 1 aliphatic carbocycles. The Hall–Kier alpha value is -2.40. The Morgan fingerprint density at radius 2 is 2.17 bits per heavy atom. The quantitative estimate of drug-likeness (QED) is 0.532. The summed E-state index contributed by atoms with van der Waals surface area (Å²) in [6.45, 7) is 3.84. The van der Waals surface area contributed by atoms with Crippen molar-refractivity contribution in [2.45, 2.75) is 30.6 Å². The third-order valence-electron chi connectivity index (χ3n) is 5.22. The molecular formula is C22H21ClN2O4S. The first-order valence-electron chi connectivity index (χ1n) is 9.63. The molecule has 156 valence electrons. The lowest BCUT2D eigenvalue weighted by Gasteiger charge is -2.37. The molecule has 0 amide bonds. The maximum absolute atomic E-state index is 11.4. The highest BCUT2D eigenvalue weighted by Gasteiger charge is 2.34. The summed E-state index contributed by atoms with van der Waals surface area (Å²) in [6.07, 6.45) is 2.21. The molecule has 0 radical (unpaired) electrons. The minimum Gasteiger partial charge on any atom is -0.491 e. The topological polar surface area (TPSA) is 91.6 Å². The number of nitrogens with zero attached hydrogens (tertiary/aromatic N) is 1. The van der Waals surface area contributed by atoms with Crippen molar-refractivity contribution in [2.24, 2.45) is 5.41 Å². The van der Waals surface area contributed by atoms with Crippen molar-refractivity contribution in [1.82, 2.24) is 0 Å². The predicted molar refractivity (Wildman–Crippen MR) is 115 cm³/mol. The average Bonchev–Trinajstić information content (AvgIpc) is 3.55. The predicted octanol–water partition coefficient (Wildman–Crippen LogP) is 5.32. The van der Waals surface area contributed by atoms with Gasteiger partial charge in [-0.05, 0) is 54.5 Å². The Morgan fingerprint density at radius 3 is 2.77 bits per heavy atom. The van der Waals surface area contributed by atoms with Gasteiger partial charge in [0.05, 0.1) is 41.7 Å². The second kappa shape index (κ2) is 8.38. The highest BCUT2D eigenvalue weighted by atomic mass is 35.5. The number of hydrogen-bond donors (Lipinski definition) is 2. The second-order valence-corrected chi connectivity index (χ2v) is 9.32. The summed E-state index contributed by atoms with van der Waals surface area (Å²) >= 11 is 7.54. The molecule has 0 bridgehead atoms. The first-order chi connectivity index (χ1) is 14.4. The molecular weight excluding hydrogens is 424 g/mol. The van der Waals surface area contributed by atoms with E-state index in [-0.39, 0.29) is 11.0 Å². The van der Waals surface area contributed by atoms with Gasteiger partial charge in [-0.15, -0.1) is 0 Å². The summed E-state index contributed by atoms with van der Waals surface area (Å²) in [4.78, 5) is 12.3. The number of carbonyl (C=O) groups is 1. The summed E-state index contributed by atoms with van der Waals surface area (Å²) in [6, 6.07) is 10.6. The van der Waals surface area contributed by atoms with Crippen LogP contribution in [0, 0.1) is 16.7 Å². The fourth-order valence-corrected chi connectivity index (χ4v) is 4.34. The molecule has 1 aliphatic heterocycles. The lowest BCUT2D eigenvalue weighted by atomic mass is 9.90. The number of nitrogens with one attached hydrogen (secondary N) is 1. The molecule has 1 saturated heterocycles. The van der Waals surface area contributed by atoms with Gasteiger partial charge >= 0.3 is 5.97 Å². The number of halogens is 1. The van der Waals surface area contributed by atoms with Crippen LogP contribution in [0.25, 0.3) is 0 Å². The van der Waals surface area contributed by atoms with E-state index in [1.54, 1.807) is 24.3 Å². The SMILES string of the molecule is CC1(COc2cc(Cl)c(C#N)cc2NSc2cc(C(=O)O)ccc2C2CC2)COC1. The van der Waals surface area contributed by atoms with E-state index in [1.165, 1.54) is 11.9 Å².